The van der Waals surface area contributed by atoms with Crippen molar-refractivity contribution in [2.45, 2.75) is 51.4 Å². The van der Waals surface area contributed by atoms with Gasteiger partial charge < -0.3 is 9.55 Å². The number of hydrogen-bond acceptors (Lipinski definition) is 0. The Hall–Kier alpha value is -4.30. The zero-order valence-corrected chi connectivity index (χ0v) is 23.7. The number of H-pyrrole nitrogens is 1. The van der Waals surface area contributed by atoms with E-state index in [1.54, 1.807) is 0 Å². The van der Waals surface area contributed by atoms with Crippen LogP contribution in [0, 0.1) is 0 Å². The van der Waals surface area contributed by atoms with Crippen LogP contribution in [0.5, 0.6) is 0 Å². The summed E-state index contributed by atoms with van der Waals surface area (Å²) in [5.41, 5.74) is 12.0. The minimum Gasteiger partial charge on any atom is -0.353 e. The molecule has 2 heterocycles. The highest BCUT2D eigenvalue weighted by atomic mass is 15.0. The first-order valence-electron chi connectivity index (χ1n) is 14.5. The monoisotopic (exact) mass is 518 g/mol. The Kier molecular flexibility index (Phi) is 4.78. The minimum atomic E-state index is 0.187. The van der Waals surface area contributed by atoms with Crippen LogP contribution in [0.3, 0.4) is 0 Å². The van der Waals surface area contributed by atoms with Gasteiger partial charge in [-0.05, 0) is 70.2 Å². The van der Waals surface area contributed by atoms with Crippen molar-refractivity contribution >= 4 is 43.6 Å². The Labute approximate surface area is 235 Å². The van der Waals surface area contributed by atoms with Gasteiger partial charge in [-0.3, -0.25) is 0 Å². The Morgan fingerprint density at radius 2 is 1.27 bits per heavy atom. The molecule has 0 radical (unpaired) electrons. The molecule has 1 aliphatic carbocycles. The first-order valence-corrected chi connectivity index (χ1v) is 14.5. The largest absolute Gasteiger partial charge is 0.353 e. The topological polar surface area (TPSA) is 20.7 Å². The summed E-state index contributed by atoms with van der Waals surface area (Å²) in [5, 5.41) is 5.09. The van der Waals surface area contributed by atoms with E-state index in [4.69, 9.17) is 0 Å². The molecule has 0 fully saturated rings. The molecular weight excluding hydrogens is 484 g/mol. The molecule has 0 amide bonds. The number of rotatable bonds is 2. The van der Waals surface area contributed by atoms with Crippen molar-refractivity contribution in [2.24, 2.45) is 0 Å². The second-order valence-corrected chi connectivity index (χ2v) is 13.0. The summed E-state index contributed by atoms with van der Waals surface area (Å²) in [5.74, 6) is 0. The fourth-order valence-electron chi connectivity index (χ4n) is 7.23. The first kappa shape index (κ1) is 23.6. The van der Waals surface area contributed by atoms with E-state index >= 15 is 0 Å². The van der Waals surface area contributed by atoms with Crippen LogP contribution in [0.4, 0.5) is 0 Å². The van der Waals surface area contributed by atoms with Crippen molar-refractivity contribution in [3.05, 3.63) is 114 Å². The standard InChI is InChI=1S/C38H34N2/c1-37(2)20-21-38(3,4)32-23-25(16-19-31(32)37)24-10-9-11-26(22-24)40-34-15-8-6-13-28(34)30-18-17-29-27-12-5-7-14-33(27)39-35(29)36(30)40/h5-19,22-23,39H,20-21H2,1-4H3. The van der Waals surface area contributed by atoms with E-state index in [2.05, 4.69) is 140 Å². The van der Waals surface area contributed by atoms with Crippen molar-refractivity contribution in [2.75, 3.05) is 0 Å². The average molecular weight is 519 g/mol. The number of aromatic nitrogens is 2. The second-order valence-electron chi connectivity index (χ2n) is 13.0. The highest BCUT2D eigenvalue weighted by Crippen LogP contribution is 2.47. The number of para-hydroxylation sites is 2. The maximum atomic E-state index is 3.77. The summed E-state index contributed by atoms with van der Waals surface area (Å²) < 4.78 is 2.46. The van der Waals surface area contributed by atoms with Gasteiger partial charge in [0, 0.05) is 32.7 Å². The molecule has 40 heavy (non-hydrogen) atoms. The molecule has 0 spiro atoms. The van der Waals surface area contributed by atoms with E-state index < -0.39 is 0 Å². The van der Waals surface area contributed by atoms with Gasteiger partial charge in [-0.15, -0.1) is 0 Å². The molecule has 0 atom stereocenters. The molecule has 2 nitrogen and oxygen atoms in total. The number of nitrogens with one attached hydrogen (secondary N) is 1. The van der Waals surface area contributed by atoms with Crippen LogP contribution in [-0.4, -0.2) is 9.55 Å². The van der Waals surface area contributed by atoms with E-state index in [0.717, 1.165) is 0 Å². The van der Waals surface area contributed by atoms with Gasteiger partial charge in [0.25, 0.3) is 0 Å². The van der Waals surface area contributed by atoms with Crippen molar-refractivity contribution in [3.8, 4) is 16.8 Å². The van der Waals surface area contributed by atoms with Crippen LogP contribution in [0.25, 0.3) is 60.4 Å². The van der Waals surface area contributed by atoms with Gasteiger partial charge in [-0.2, -0.15) is 0 Å². The highest BCUT2D eigenvalue weighted by Gasteiger charge is 2.37. The molecule has 0 bridgehead atoms. The van der Waals surface area contributed by atoms with Crippen LogP contribution in [0.1, 0.15) is 51.7 Å². The molecule has 2 heteroatoms. The first-order chi connectivity index (χ1) is 19.3. The summed E-state index contributed by atoms with van der Waals surface area (Å²) in [4.78, 5) is 3.77. The van der Waals surface area contributed by atoms with Gasteiger partial charge in [0.15, 0.2) is 0 Å². The fourth-order valence-corrected chi connectivity index (χ4v) is 7.23. The quantitative estimate of drug-likeness (QED) is 0.235. The van der Waals surface area contributed by atoms with Gasteiger partial charge in [0.2, 0.25) is 0 Å². The Morgan fingerprint density at radius 1 is 0.575 bits per heavy atom. The van der Waals surface area contributed by atoms with Gasteiger partial charge >= 0.3 is 0 Å². The zero-order chi connectivity index (χ0) is 27.2. The minimum absolute atomic E-state index is 0.187. The molecule has 0 saturated carbocycles. The van der Waals surface area contributed by atoms with Crippen LogP contribution in [-0.2, 0) is 10.8 Å². The van der Waals surface area contributed by atoms with E-state index in [1.807, 2.05) is 0 Å². The number of benzene rings is 5. The summed E-state index contributed by atoms with van der Waals surface area (Å²) in [6.45, 7) is 9.61. The van der Waals surface area contributed by atoms with Gasteiger partial charge in [-0.1, -0.05) is 107 Å². The molecule has 7 aromatic rings. The Balaban J connectivity index is 1.39. The van der Waals surface area contributed by atoms with Gasteiger partial charge in [-0.25, -0.2) is 0 Å². The maximum absolute atomic E-state index is 3.77. The molecule has 0 saturated heterocycles. The second kappa shape index (κ2) is 8.11. The molecule has 1 N–H and O–H groups in total. The maximum Gasteiger partial charge on any atom is 0.0783 e. The normalized spacial score (nSPS) is 16.2. The highest BCUT2D eigenvalue weighted by molar-refractivity contribution is 6.22. The smallest absolute Gasteiger partial charge is 0.0783 e. The van der Waals surface area contributed by atoms with E-state index in [9.17, 15) is 0 Å². The molecular formula is C38H34N2. The molecule has 196 valence electrons. The lowest BCUT2D eigenvalue weighted by molar-refractivity contribution is 0.332. The van der Waals surface area contributed by atoms with E-state index in [-0.39, 0.29) is 10.8 Å². The van der Waals surface area contributed by atoms with E-state index in [1.165, 1.54) is 84.4 Å². The molecule has 1 aliphatic rings. The van der Waals surface area contributed by atoms with Crippen LogP contribution in [0.2, 0.25) is 0 Å². The molecule has 2 aromatic heterocycles. The van der Waals surface area contributed by atoms with Crippen molar-refractivity contribution in [1.29, 1.82) is 0 Å². The lowest BCUT2D eigenvalue weighted by Gasteiger charge is -2.42. The number of fused-ring (bicyclic) bond motifs is 8. The van der Waals surface area contributed by atoms with Crippen molar-refractivity contribution in [3.63, 3.8) is 0 Å². The number of nitrogens with zero attached hydrogens (tertiary/aromatic N) is 1. The third kappa shape index (κ3) is 3.29. The third-order valence-corrected chi connectivity index (χ3v) is 9.60. The van der Waals surface area contributed by atoms with Crippen LogP contribution in [0.15, 0.2) is 103 Å². The predicted octanol–water partition coefficient (Wildman–Crippen LogP) is 10.4. The predicted molar refractivity (Wildman–Crippen MR) is 171 cm³/mol. The van der Waals surface area contributed by atoms with Crippen molar-refractivity contribution < 1.29 is 0 Å². The summed E-state index contributed by atoms with van der Waals surface area (Å²) >= 11 is 0. The fraction of sp³-hybridized carbons (Fsp3) is 0.211. The van der Waals surface area contributed by atoms with Gasteiger partial charge in [0.05, 0.1) is 16.6 Å². The molecule has 0 unspecified atom stereocenters. The zero-order valence-electron chi connectivity index (χ0n) is 23.7. The Bertz CT molecular complexity index is 2120. The molecule has 5 aromatic carbocycles. The van der Waals surface area contributed by atoms with Crippen molar-refractivity contribution in [1.82, 2.24) is 9.55 Å². The lowest BCUT2D eigenvalue weighted by Crippen LogP contribution is -2.33. The Morgan fingerprint density at radius 3 is 2.12 bits per heavy atom. The number of aromatic amines is 1. The molecule has 0 aliphatic heterocycles. The summed E-state index contributed by atoms with van der Waals surface area (Å²) in [7, 11) is 0. The lowest BCUT2D eigenvalue weighted by atomic mass is 9.63. The van der Waals surface area contributed by atoms with Crippen LogP contribution >= 0.6 is 0 Å². The average Bonchev–Trinajstić information content (AvgIpc) is 3.51. The SMILES string of the molecule is CC1(C)CCC(C)(C)c2cc(-c3cccc(-n4c5ccccc5c5ccc6c7ccccc7[nH]c6c54)c3)ccc21. The van der Waals surface area contributed by atoms with Crippen LogP contribution < -0.4 is 0 Å². The molecule has 8 rings (SSSR count). The summed E-state index contributed by atoms with van der Waals surface area (Å²) in [6, 6.07) is 38.3. The summed E-state index contributed by atoms with van der Waals surface area (Å²) in [6.07, 6.45) is 2.45. The van der Waals surface area contributed by atoms with Gasteiger partial charge in [0.1, 0.15) is 0 Å². The van der Waals surface area contributed by atoms with E-state index in [0.29, 0.717) is 0 Å². The third-order valence-electron chi connectivity index (χ3n) is 9.60. The number of hydrogen-bond donors (Lipinski definition) is 1.